The Balaban J connectivity index is 0.000000274. The highest BCUT2D eigenvalue weighted by molar-refractivity contribution is 5.73. The molecule has 0 radical (unpaired) electrons. The molecule has 3 nitrogen and oxygen atoms in total. The van der Waals surface area contributed by atoms with Gasteiger partial charge in [-0.05, 0) is 24.0 Å². The highest BCUT2D eigenvalue weighted by Crippen LogP contribution is 2.04. The smallest absolute Gasteiger partial charge is 0.159 e. The Morgan fingerprint density at radius 1 is 0.941 bits per heavy atom. The van der Waals surface area contributed by atoms with Crippen molar-refractivity contribution in [3.8, 4) is 0 Å². The van der Waals surface area contributed by atoms with E-state index in [4.69, 9.17) is 0 Å². The summed E-state index contributed by atoms with van der Waals surface area (Å²) in [7, 11) is 0. The fourth-order valence-electron chi connectivity index (χ4n) is 0.798. The first-order chi connectivity index (χ1) is 7.93. The molecule has 0 unspecified atom stereocenters. The van der Waals surface area contributed by atoms with Crippen LogP contribution in [0, 0.1) is 11.8 Å². The van der Waals surface area contributed by atoms with E-state index >= 15 is 0 Å². The van der Waals surface area contributed by atoms with Gasteiger partial charge in [0, 0.05) is 11.6 Å². The summed E-state index contributed by atoms with van der Waals surface area (Å²) in [6.07, 6.45) is 3.52. The van der Waals surface area contributed by atoms with Crippen LogP contribution in [-0.4, -0.2) is 15.2 Å². The van der Waals surface area contributed by atoms with Crippen LogP contribution in [0.5, 0.6) is 0 Å². The molecule has 0 aliphatic heterocycles. The lowest BCUT2D eigenvalue weighted by molar-refractivity contribution is 0.736. The first kappa shape index (κ1) is 15.6. The molecule has 2 aromatic rings. The van der Waals surface area contributed by atoms with Crippen molar-refractivity contribution < 1.29 is 0 Å². The average molecular weight is 235 g/mol. The van der Waals surface area contributed by atoms with Crippen LogP contribution in [0.4, 0.5) is 0 Å². The summed E-state index contributed by atoms with van der Waals surface area (Å²) >= 11 is 0. The molecule has 0 saturated carbocycles. The minimum Gasteiger partial charge on any atom is -0.345 e. The van der Waals surface area contributed by atoms with Crippen molar-refractivity contribution in [2.45, 2.75) is 41.5 Å². The van der Waals surface area contributed by atoms with E-state index in [-0.39, 0.29) is 0 Å². The largest absolute Gasteiger partial charge is 0.345 e. The Bertz CT molecular complexity index is 349. The summed E-state index contributed by atoms with van der Waals surface area (Å²) in [6, 6.07) is 3.88. The van der Waals surface area contributed by atoms with Crippen LogP contribution in [0.25, 0.3) is 11.0 Å². The summed E-state index contributed by atoms with van der Waals surface area (Å²) in [5, 5.41) is 8.64. The normalized spacial score (nSPS) is 9.65. The van der Waals surface area contributed by atoms with Crippen LogP contribution >= 0.6 is 0 Å². The Morgan fingerprint density at radius 3 is 1.94 bits per heavy atom. The van der Waals surface area contributed by atoms with Crippen molar-refractivity contribution in [1.82, 2.24) is 15.2 Å². The zero-order chi connectivity index (χ0) is 13.3. The van der Waals surface area contributed by atoms with E-state index in [1.165, 1.54) is 0 Å². The fraction of sp³-hybridized carbons (Fsp3) is 0.571. The van der Waals surface area contributed by atoms with E-state index in [1.54, 1.807) is 6.20 Å². The summed E-state index contributed by atoms with van der Waals surface area (Å²) < 4.78 is 0. The molecule has 0 bridgehead atoms. The second-order valence-corrected chi connectivity index (χ2v) is 5.28. The van der Waals surface area contributed by atoms with Crippen LogP contribution in [-0.2, 0) is 0 Å². The summed E-state index contributed by atoms with van der Waals surface area (Å²) in [6.45, 7) is 13.0. The molecule has 0 spiro atoms. The Labute approximate surface area is 105 Å². The molecule has 2 rings (SSSR count). The van der Waals surface area contributed by atoms with Crippen molar-refractivity contribution >= 4 is 11.0 Å². The van der Waals surface area contributed by atoms with Crippen LogP contribution in [0.2, 0.25) is 0 Å². The minimum absolute atomic E-state index is 0.833. The molecule has 0 aliphatic carbocycles. The van der Waals surface area contributed by atoms with Crippen LogP contribution < -0.4 is 0 Å². The standard InChI is InChI=1S/C6H5N3.2C4H10/c1-3-7-6-5(1)2-4-8-9-6;2*1-4(2)3/h1-4H,(H,7,9);2*4H,1-3H3. The van der Waals surface area contributed by atoms with Gasteiger partial charge < -0.3 is 4.98 Å². The molecule has 0 amide bonds. The number of nitrogens with zero attached hydrogens (tertiary/aromatic N) is 2. The van der Waals surface area contributed by atoms with Crippen LogP contribution in [0.15, 0.2) is 24.5 Å². The second kappa shape index (κ2) is 8.74. The van der Waals surface area contributed by atoms with Gasteiger partial charge >= 0.3 is 0 Å². The molecule has 1 N–H and O–H groups in total. The third-order valence-electron chi connectivity index (χ3n) is 1.23. The Morgan fingerprint density at radius 2 is 1.47 bits per heavy atom. The third-order valence-corrected chi connectivity index (χ3v) is 1.23. The maximum atomic E-state index is 3.84. The second-order valence-electron chi connectivity index (χ2n) is 5.28. The quantitative estimate of drug-likeness (QED) is 0.740. The van der Waals surface area contributed by atoms with Gasteiger partial charge in [-0.2, -0.15) is 5.10 Å². The predicted molar refractivity (Wildman–Crippen MR) is 74.9 cm³/mol. The Kier molecular flexibility index (Phi) is 8.03. The van der Waals surface area contributed by atoms with Gasteiger partial charge in [-0.15, -0.1) is 5.10 Å². The maximum Gasteiger partial charge on any atom is 0.159 e. The number of nitrogens with one attached hydrogen (secondary N) is 1. The zero-order valence-corrected chi connectivity index (χ0v) is 11.9. The minimum atomic E-state index is 0.833. The summed E-state index contributed by atoms with van der Waals surface area (Å²) in [4.78, 5) is 2.95. The Hall–Kier alpha value is -1.38. The van der Waals surface area contributed by atoms with Gasteiger partial charge in [-0.1, -0.05) is 41.5 Å². The fourth-order valence-corrected chi connectivity index (χ4v) is 0.798. The van der Waals surface area contributed by atoms with E-state index in [9.17, 15) is 0 Å². The van der Waals surface area contributed by atoms with Crippen molar-refractivity contribution in [2.24, 2.45) is 11.8 Å². The van der Waals surface area contributed by atoms with Crippen molar-refractivity contribution in [2.75, 3.05) is 0 Å². The van der Waals surface area contributed by atoms with E-state index in [0.29, 0.717) is 0 Å². The predicted octanol–water partition coefficient (Wildman–Crippen LogP) is 4.28. The molecular formula is C14H25N3. The molecule has 96 valence electrons. The van der Waals surface area contributed by atoms with Gasteiger partial charge in [0.1, 0.15) is 0 Å². The van der Waals surface area contributed by atoms with Crippen LogP contribution in [0.3, 0.4) is 0 Å². The first-order valence-corrected chi connectivity index (χ1v) is 6.18. The first-order valence-electron chi connectivity index (χ1n) is 6.18. The molecule has 3 heteroatoms. The number of rotatable bonds is 0. The maximum absolute atomic E-state index is 3.84. The summed E-state index contributed by atoms with van der Waals surface area (Å²) in [5.74, 6) is 1.67. The molecule has 2 heterocycles. The number of hydrogen-bond donors (Lipinski definition) is 1. The van der Waals surface area contributed by atoms with Gasteiger partial charge in [-0.25, -0.2) is 0 Å². The lowest BCUT2D eigenvalue weighted by Crippen LogP contribution is -1.77. The highest BCUT2D eigenvalue weighted by Gasteiger charge is 1.89. The van der Waals surface area contributed by atoms with E-state index in [0.717, 1.165) is 22.9 Å². The van der Waals surface area contributed by atoms with E-state index < -0.39 is 0 Å². The van der Waals surface area contributed by atoms with Gasteiger partial charge in [0.2, 0.25) is 0 Å². The van der Waals surface area contributed by atoms with Gasteiger partial charge in [0.05, 0.1) is 6.20 Å². The number of aromatic nitrogens is 3. The molecule has 0 atom stereocenters. The van der Waals surface area contributed by atoms with Crippen molar-refractivity contribution in [1.29, 1.82) is 0 Å². The van der Waals surface area contributed by atoms with Crippen LogP contribution in [0.1, 0.15) is 41.5 Å². The topological polar surface area (TPSA) is 41.6 Å². The van der Waals surface area contributed by atoms with Crippen molar-refractivity contribution in [3.63, 3.8) is 0 Å². The van der Waals surface area contributed by atoms with Gasteiger partial charge in [0.25, 0.3) is 0 Å². The molecular weight excluding hydrogens is 210 g/mol. The molecule has 0 saturated heterocycles. The highest BCUT2D eigenvalue weighted by atomic mass is 15.1. The lowest BCUT2D eigenvalue weighted by atomic mass is 10.3. The average Bonchev–Trinajstić information content (AvgIpc) is 2.62. The zero-order valence-electron chi connectivity index (χ0n) is 11.9. The monoisotopic (exact) mass is 235 g/mol. The van der Waals surface area contributed by atoms with Crippen molar-refractivity contribution in [3.05, 3.63) is 24.5 Å². The molecule has 0 aliphatic rings. The summed E-state index contributed by atoms with van der Waals surface area (Å²) in [5.41, 5.74) is 0.845. The molecule has 0 fully saturated rings. The molecule has 2 aromatic heterocycles. The van der Waals surface area contributed by atoms with Gasteiger partial charge in [-0.3, -0.25) is 0 Å². The number of H-pyrrole nitrogens is 1. The lowest BCUT2D eigenvalue weighted by Gasteiger charge is -1.81. The third kappa shape index (κ3) is 9.54. The number of hydrogen-bond acceptors (Lipinski definition) is 2. The SMILES string of the molecule is CC(C)C.CC(C)C.c1cc2cc[nH]c2nn1. The number of fused-ring (bicyclic) bond motifs is 1. The van der Waals surface area contributed by atoms with E-state index in [1.807, 2.05) is 18.3 Å². The van der Waals surface area contributed by atoms with E-state index in [2.05, 4.69) is 56.7 Å². The molecule has 17 heavy (non-hydrogen) atoms. The van der Waals surface area contributed by atoms with Gasteiger partial charge in [0.15, 0.2) is 5.65 Å². The molecule has 0 aromatic carbocycles. The number of aromatic amines is 1.